The molecule has 0 aliphatic carbocycles. The third-order valence-electron chi connectivity index (χ3n) is 1.16. The average Bonchev–Trinajstić information content (AvgIpc) is 2.02. The van der Waals surface area contributed by atoms with E-state index >= 15 is 0 Å². The summed E-state index contributed by atoms with van der Waals surface area (Å²) < 4.78 is 60.9. The van der Waals surface area contributed by atoms with Gasteiger partial charge in [0.15, 0.2) is 5.83 Å². The van der Waals surface area contributed by atoms with Crippen LogP contribution in [0.4, 0.5) is 22.0 Å². The molecular weight excluding hydrogens is 187 g/mol. The van der Waals surface area contributed by atoms with Gasteiger partial charge in [0, 0.05) is 0 Å². The van der Waals surface area contributed by atoms with Gasteiger partial charge in [0.25, 0.3) is 0 Å². The Kier molecular flexibility index (Phi) is 2.09. The topological polar surface area (TPSA) is 18.5 Å². The Morgan fingerprint density at radius 3 is 2.42 bits per heavy atom. The van der Waals surface area contributed by atoms with Crippen LogP contribution in [0, 0.1) is 0 Å². The summed E-state index contributed by atoms with van der Waals surface area (Å²) in [7, 11) is 0. The fourth-order valence-electron chi connectivity index (χ4n) is 0.535. The summed E-state index contributed by atoms with van der Waals surface area (Å²) in [6.45, 7) is -0.781. The standard InChI is InChI=1S/C5H3F5O2/c6-3-1-2-11-12-5(9,10)4(3,7)8/h1H,2H2. The van der Waals surface area contributed by atoms with E-state index in [4.69, 9.17) is 0 Å². The van der Waals surface area contributed by atoms with Gasteiger partial charge in [-0.15, -0.1) is 0 Å². The van der Waals surface area contributed by atoms with E-state index in [1.54, 1.807) is 0 Å². The molecule has 0 amide bonds. The van der Waals surface area contributed by atoms with Gasteiger partial charge in [-0.2, -0.15) is 22.4 Å². The van der Waals surface area contributed by atoms with Crippen LogP contribution in [0.15, 0.2) is 11.9 Å². The van der Waals surface area contributed by atoms with Crippen molar-refractivity contribution < 1.29 is 31.7 Å². The van der Waals surface area contributed by atoms with Crippen LogP contribution >= 0.6 is 0 Å². The quantitative estimate of drug-likeness (QED) is 0.429. The molecule has 0 spiro atoms. The van der Waals surface area contributed by atoms with Crippen molar-refractivity contribution >= 4 is 0 Å². The van der Waals surface area contributed by atoms with E-state index in [0.29, 0.717) is 0 Å². The zero-order valence-electron chi connectivity index (χ0n) is 5.49. The highest BCUT2D eigenvalue weighted by Crippen LogP contribution is 2.42. The number of hydrogen-bond acceptors (Lipinski definition) is 2. The second-order valence-corrected chi connectivity index (χ2v) is 2.01. The summed E-state index contributed by atoms with van der Waals surface area (Å²) in [6, 6.07) is 0. The third-order valence-corrected chi connectivity index (χ3v) is 1.16. The van der Waals surface area contributed by atoms with Crippen molar-refractivity contribution in [2.45, 2.75) is 12.0 Å². The van der Waals surface area contributed by atoms with Crippen LogP contribution in [0.2, 0.25) is 0 Å². The van der Waals surface area contributed by atoms with Gasteiger partial charge < -0.3 is 0 Å². The number of rotatable bonds is 0. The van der Waals surface area contributed by atoms with Gasteiger partial charge in [-0.3, -0.25) is 0 Å². The predicted octanol–water partition coefficient (Wildman–Crippen LogP) is 2.03. The van der Waals surface area contributed by atoms with Crippen LogP contribution < -0.4 is 0 Å². The summed E-state index contributed by atoms with van der Waals surface area (Å²) in [5, 5.41) is 0. The molecule has 0 saturated carbocycles. The average molecular weight is 190 g/mol. The molecule has 1 aliphatic rings. The molecule has 0 N–H and O–H groups in total. The van der Waals surface area contributed by atoms with Crippen LogP contribution in [-0.4, -0.2) is 18.6 Å². The van der Waals surface area contributed by atoms with Crippen LogP contribution in [0.25, 0.3) is 0 Å². The molecule has 1 rings (SSSR count). The van der Waals surface area contributed by atoms with Gasteiger partial charge in [-0.25, -0.2) is 9.28 Å². The molecule has 7 heteroatoms. The number of hydrogen-bond donors (Lipinski definition) is 0. The summed E-state index contributed by atoms with van der Waals surface area (Å²) in [5.74, 6) is -7.23. The Balaban J connectivity index is 3.00. The highest BCUT2D eigenvalue weighted by atomic mass is 19.3. The molecule has 0 aromatic rings. The van der Waals surface area contributed by atoms with E-state index in [1.165, 1.54) is 0 Å². The van der Waals surface area contributed by atoms with Crippen LogP contribution in [0.1, 0.15) is 0 Å². The number of halogens is 5. The minimum atomic E-state index is -4.97. The molecule has 0 fully saturated rings. The monoisotopic (exact) mass is 190 g/mol. The normalized spacial score (nSPS) is 27.6. The van der Waals surface area contributed by atoms with E-state index in [2.05, 4.69) is 9.78 Å². The van der Waals surface area contributed by atoms with Crippen LogP contribution in [-0.2, 0) is 9.78 Å². The maximum Gasteiger partial charge on any atom is 0.452 e. The van der Waals surface area contributed by atoms with Crippen molar-refractivity contribution in [3.05, 3.63) is 11.9 Å². The summed E-state index contributed by atoms with van der Waals surface area (Å²) in [4.78, 5) is 6.57. The molecule has 1 heterocycles. The minimum absolute atomic E-state index is 0.181. The lowest BCUT2D eigenvalue weighted by molar-refractivity contribution is -0.473. The van der Waals surface area contributed by atoms with Gasteiger partial charge in [0.2, 0.25) is 0 Å². The van der Waals surface area contributed by atoms with E-state index in [0.717, 1.165) is 0 Å². The molecular formula is C5H3F5O2. The molecule has 0 atom stereocenters. The van der Waals surface area contributed by atoms with Gasteiger partial charge >= 0.3 is 12.0 Å². The third kappa shape index (κ3) is 1.29. The van der Waals surface area contributed by atoms with Crippen molar-refractivity contribution in [1.29, 1.82) is 0 Å². The first-order chi connectivity index (χ1) is 5.38. The maximum absolute atomic E-state index is 12.2. The molecule has 0 bridgehead atoms. The highest BCUT2D eigenvalue weighted by Gasteiger charge is 2.63. The van der Waals surface area contributed by atoms with Crippen molar-refractivity contribution in [1.82, 2.24) is 0 Å². The van der Waals surface area contributed by atoms with Crippen LogP contribution in [0.5, 0.6) is 0 Å². The second kappa shape index (κ2) is 2.67. The fraction of sp³-hybridized carbons (Fsp3) is 0.600. The molecule has 2 nitrogen and oxygen atoms in total. The highest BCUT2D eigenvalue weighted by molar-refractivity contribution is 5.08. The van der Waals surface area contributed by atoms with Crippen molar-refractivity contribution in [2.24, 2.45) is 0 Å². The summed E-state index contributed by atoms with van der Waals surface area (Å²) in [5.41, 5.74) is 0. The Morgan fingerprint density at radius 1 is 1.25 bits per heavy atom. The summed E-state index contributed by atoms with van der Waals surface area (Å²) >= 11 is 0. The lowest BCUT2D eigenvalue weighted by Gasteiger charge is -2.20. The molecule has 0 unspecified atom stereocenters. The van der Waals surface area contributed by atoms with Gasteiger partial charge in [0.05, 0.1) is 0 Å². The first kappa shape index (κ1) is 9.40. The first-order valence-electron chi connectivity index (χ1n) is 2.80. The van der Waals surface area contributed by atoms with E-state index in [1.807, 2.05) is 0 Å². The second-order valence-electron chi connectivity index (χ2n) is 2.01. The Labute approximate surface area is 63.5 Å². The van der Waals surface area contributed by atoms with Gasteiger partial charge in [-0.1, -0.05) is 0 Å². The minimum Gasteiger partial charge on any atom is -0.226 e. The molecule has 1 aliphatic heterocycles. The molecule has 0 aromatic carbocycles. The van der Waals surface area contributed by atoms with E-state index < -0.39 is 24.5 Å². The largest absolute Gasteiger partial charge is 0.452 e. The maximum atomic E-state index is 12.2. The van der Waals surface area contributed by atoms with Crippen molar-refractivity contribution in [3.63, 3.8) is 0 Å². The molecule has 0 saturated heterocycles. The zero-order valence-corrected chi connectivity index (χ0v) is 5.49. The van der Waals surface area contributed by atoms with Gasteiger partial charge in [-0.05, 0) is 6.08 Å². The Bertz CT molecular complexity index is 212. The number of alkyl halides is 4. The Morgan fingerprint density at radius 2 is 1.83 bits per heavy atom. The summed E-state index contributed by atoms with van der Waals surface area (Å²) in [6.07, 6.45) is -4.79. The molecule has 0 radical (unpaired) electrons. The molecule has 0 aromatic heterocycles. The van der Waals surface area contributed by atoms with Gasteiger partial charge in [0.1, 0.15) is 6.61 Å². The van der Waals surface area contributed by atoms with Crippen LogP contribution in [0.3, 0.4) is 0 Å². The van der Waals surface area contributed by atoms with Crippen molar-refractivity contribution in [2.75, 3.05) is 6.61 Å². The SMILES string of the molecule is FC1=CCOOC(F)(F)C1(F)F. The van der Waals surface area contributed by atoms with E-state index in [9.17, 15) is 22.0 Å². The predicted molar refractivity (Wildman–Crippen MR) is 26.1 cm³/mol. The lowest BCUT2D eigenvalue weighted by atomic mass is 10.2. The molecule has 70 valence electrons. The fourth-order valence-corrected chi connectivity index (χ4v) is 0.535. The van der Waals surface area contributed by atoms with E-state index in [-0.39, 0.29) is 6.08 Å². The zero-order chi connectivity index (χ0) is 9.41. The smallest absolute Gasteiger partial charge is 0.226 e. The first-order valence-corrected chi connectivity index (χ1v) is 2.80. The van der Waals surface area contributed by atoms with Crippen molar-refractivity contribution in [3.8, 4) is 0 Å². The lowest BCUT2D eigenvalue weighted by Crippen LogP contribution is -2.42. The Hall–Kier alpha value is -0.690. The molecule has 12 heavy (non-hydrogen) atoms.